The molecule has 0 unspecified atom stereocenters. The highest BCUT2D eigenvalue weighted by Gasteiger charge is 2.13. The highest BCUT2D eigenvalue weighted by atomic mass is 19.1. The first kappa shape index (κ1) is 15.0. The summed E-state index contributed by atoms with van der Waals surface area (Å²) in [5.74, 6) is -0.899. The summed E-state index contributed by atoms with van der Waals surface area (Å²) < 4.78 is 13.6. The smallest absolute Gasteiger partial charge is 0.257 e. The number of hydrogen-bond donors (Lipinski definition) is 2. The van der Waals surface area contributed by atoms with E-state index in [1.165, 1.54) is 12.3 Å². The number of benzene rings is 1. The molecule has 0 spiro atoms. The van der Waals surface area contributed by atoms with Gasteiger partial charge in [-0.25, -0.2) is 4.39 Å². The zero-order valence-electron chi connectivity index (χ0n) is 12.1. The Morgan fingerprint density at radius 3 is 2.81 bits per heavy atom. The molecule has 21 heavy (non-hydrogen) atoms. The van der Waals surface area contributed by atoms with Gasteiger partial charge in [0.15, 0.2) is 5.82 Å². The normalized spacial score (nSPS) is 10.2. The molecule has 0 atom stereocenters. The van der Waals surface area contributed by atoms with Crippen LogP contribution >= 0.6 is 0 Å². The highest BCUT2D eigenvalue weighted by molar-refractivity contribution is 6.08. The zero-order valence-corrected chi connectivity index (χ0v) is 12.1. The van der Waals surface area contributed by atoms with Gasteiger partial charge in [-0.15, -0.1) is 0 Å². The summed E-state index contributed by atoms with van der Waals surface area (Å²) in [7, 11) is 0. The second-order valence-corrected chi connectivity index (χ2v) is 4.79. The van der Waals surface area contributed by atoms with Gasteiger partial charge in [-0.2, -0.15) is 0 Å². The Morgan fingerprint density at radius 2 is 2.10 bits per heavy atom. The average Bonchev–Trinajstić information content (AvgIpc) is 2.48. The highest BCUT2D eigenvalue weighted by Crippen LogP contribution is 2.20. The summed E-state index contributed by atoms with van der Waals surface area (Å²) in [6, 6.07) is 7.01. The van der Waals surface area contributed by atoms with Gasteiger partial charge in [0.2, 0.25) is 0 Å². The maximum Gasteiger partial charge on any atom is 0.257 e. The van der Waals surface area contributed by atoms with Crippen LogP contribution in [0.15, 0.2) is 36.7 Å². The first-order chi connectivity index (χ1) is 10.1. The third-order valence-corrected chi connectivity index (χ3v) is 3.01. The number of halogens is 1. The Balaban J connectivity index is 2.25. The van der Waals surface area contributed by atoms with E-state index in [0.717, 1.165) is 30.4 Å². The molecule has 1 heterocycles. The van der Waals surface area contributed by atoms with Gasteiger partial charge >= 0.3 is 0 Å². The van der Waals surface area contributed by atoms with Crippen LogP contribution in [0.4, 0.5) is 15.8 Å². The third kappa shape index (κ3) is 3.78. The van der Waals surface area contributed by atoms with E-state index in [-0.39, 0.29) is 11.6 Å². The van der Waals surface area contributed by atoms with Gasteiger partial charge in [0.1, 0.15) is 0 Å². The lowest BCUT2D eigenvalue weighted by atomic mass is 10.1. The second-order valence-electron chi connectivity index (χ2n) is 4.79. The van der Waals surface area contributed by atoms with Gasteiger partial charge in [-0.3, -0.25) is 9.78 Å². The van der Waals surface area contributed by atoms with Crippen molar-refractivity contribution in [2.75, 3.05) is 17.2 Å². The van der Waals surface area contributed by atoms with Gasteiger partial charge < -0.3 is 10.6 Å². The van der Waals surface area contributed by atoms with E-state index in [0.29, 0.717) is 5.56 Å². The SMILES string of the molecule is CCCNc1ccc(C)cc1C(=O)Nc1ccncc1F. The molecule has 2 rings (SSSR count). The number of aryl methyl sites for hydroxylation is 1. The lowest BCUT2D eigenvalue weighted by molar-refractivity contribution is 0.102. The molecule has 2 N–H and O–H groups in total. The molecule has 0 saturated carbocycles. The van der Waals surface area contributed by atoms with Crippen molar-refractivity contribution in [3.05, 3.63) is 53.6 Å². The molecule has 1 aromatic carbocycles. The summed E-state index contributed by atoms with van der Waals surface area (Å²) in [6.07, 6.45) is 3.46. The van der Waals surface area contributed by atoms with Crippen LogP contribution in [-0.2, 0) is 0 Å². The number of nitrogens with zero attached hydrogens (tertiary/aromatic N) is 1. The van der Waals surface area contributed by atoms with E-state index in [1.54, 1.807) is 6.07 Å². The minimum Gasteiger partial charge on any atom is -0.384 e. The predicted octanol–water partition coefficient (Wildman–Crippen LogP) is 3.60. The van der Waals surface area contributed by atoms with Crippen LogP contribution in [-0.4, -0.2) is 17.4 Å². The van der Waals surface area contributed by atoms with Crippen molar-refractivity contribution in [3.63, 3.8) is 0 Å². The molecule has 1 aromatic heterocycles. The van der Waals surface area contributed by atoms with Crippen LogP contribution in [0.3, 0.4) is 0 Å². The van der Waals surface area contributed by atoms with Crippen LogP contribution in [0.5, 0.6) is 0 Å². The lowest BCUT2D eigenvalue weighted by Crippen LogP contribution is -2.16. The Bertz CT molecular complexity index is 643. The molecule has 5 heteroatoms. The van der Waals surface area contributed by atoms with Crippen LogP contribution in [0.1, 0.15) is 29.3 Å². The molecule has 0 aliphatic carbocycles. The fourth-order valence-electron chi connectivity index (χ4n) is 1.93. The van der Waals surface area contributed by atoms with Gasteiger partial charge in [0.05, 0.1) is 17.4 Å². The number of nitrogens with one attached hydrogen (secondary N) is 2. The standard InChI is InChI=1S/C16H18FN3O/c1-3-7-19-14-5-4-11(2)9-12(14)16(21)20-15-6-8-18-10-13(15)17/h4-6,8-10,19H,3,7H2,1-2H3,(H,18,20,21). The summed E-state index contributed by atoms with van der Waals surface area (Å²) in [5.41, 5.74) is 2.34. The molecular formula is C16H18FN3O. The Morgan fingerprint density at radius 1 is 1.29 bits per heavy atom. The minimum absolute atomic E-state index is 0.123. The van der Waals surface area contributed by atoms with E-state index < -0.39 is 5.82 Å². The average molecular weight is 287 g/mol. The first-order valence-corrected chi connectivity index (χ1v) is 6.87. The van der Waals surface area contributed by atoms with Crippen molar-refractivity contribution in [1.82, 2.24) is 4.98 Å². The van der Waals surface area contributed by atoms with E-state index in [9.17, 15) is 9.18 Å². The van der Waals surface area contributed by atoms with E-state index in [2.05, 4.69) is 15.6 Å². The number of amides is 1. The fraction of sp³-hybridized carbons (Fsp3) is 0.250. The van der Waals surface area contributed by atoms with Crippen LogP contribution in [0.25, 0.3) is 0 Å². The van der Waals surface area contributed by atoms with Crippen molar-refractivity contribution in [2.24, 2.45) is 0 Å². The molecule has 0 bridgehead atoms. The van der Waals surface area contributed by atoms with Crippen LogP contribution in [0, 0.1) is 12.7 Å². The molecule has 0 aliphatic rings. The molecule has 0 radical (unpaired) electrons. The summed E-state index contributed by atoms with van der Waals surface area (Å²) in [5, 5.41) is 5.78. The molecular weight excluding hydrogens is 269 g/mol. The second kappa shape index (κ2) is 6.83. The van der Waals surface area contributed by atoms with Crippen LogP contribution in [0.2, 0.25) is 0 Å². The fourth-order valence-corrected chi connectivity index (χ4v) is 1.93. The number of hydrogen-bond acceptors (Lipinski definition) is 3. The summed E-state index contributed by atoms with van der Waals surface area (Å²) in [4.78, 5) is 16.0. The molecule has 1 amide bonds. The zero-order chi connectivity index (χ0) is 15.2. The molecule has 110 valence electrons. The first-order valence-electron chi connectivity index (χ1n) is 6.87. The number of anilines is 2. The molecule has 4 nitrogen and oxygen atoms in total. The van der Waals surface area contributed by atoms with E-state index in [1.807, 2.05) is 26.0 Å². The Hall–Kier alpha value is -2.43. The number of pyridine rings is 1. The van der Waals surface area contributed by atoms with Crippen molar-refractivity contribution < 1.29 is 9.18 Å². The number of rotatable bonds is 5. The predicted molar refractivity (Wildman–Crippen MR) is 82.1 cm³/mol. The van der Waals surface area contributed by atoms with Gasteiger partial charge in [-0.05, 0) is 31.5 Å². The topological polar surface area (TPSA) is 54.0 Å². The minimum atomic E-state index is -0.554. The van der Waals surface area contributed by atoms with E-state index >= 15 is 0 Å². The van der Waals surface area contributed by atoms with Crippen LogP contribution < -0.4 is 10.6 Å². The maximum absolute atomic E-state index is 13.6. The van der Waals surface area contributed by atoms with Gasteiger partial charge in [0, 0.05) is 18.4 Å². The van der Waals surface area contributed by atoms with Gasteiger partial charge in [0.25, 0.3) is 5.91 Å². The number of carbonyl (C=O) groups is 1. The largest absolute Gasteiger partial charge is 0.384 e. The Kier molecular flexibility index (Phi) is 4.87. The van der Waals surface area contributed by atoms with Crippen molar-refractivity contribution >= 4 is 17.3 Å². The monoisotopic (exact) mass is 287 g/mol. The maximum atomic E-state index is 13.6. The van der Waals surface area contributed by atoms with Crippen molar-refractivity contribution in [1.29, 1.82) is 0 Å². The Labute approximate surface area is 123 Å². The molecule has 0 fully saturated rings. The molecule has 0 saturated heterocycles. The molecule has 0 aliphatic heterocycles. The summed E-state index contributed by atoms with van der Waals surface area (Å²) in [6.45, 7) is 4.73. The van der Waals surface area contributed by atoms with E-state index in [4.69, 9.17) is 0 Å². The number of carbonyl (C=O) groups excluding carboxylic acids is 1. The summed E-state index contributed by atoms with van der Waals surface area (Å²) >= 11 is 0. The van der Waals surface area contributed by atoms with Gasteiger partial charge in [-0.1, -0.05) is 18.6 Å². The lowest BCUT2D eigenvalue weighted by Gasteiger charge is -2.13. The quantitative estimate of drug-likeness (QED) is 0.883. The number of aromatic nitrogens is 1. The molecule has 2 aromatic rings. The van der Waals surface area contributed by atoms with Crippen molar-refractivity contribution in [3.8, 4) is 0 Å². The van der Waals surface area contributed by atoms with Crippen molar-refractivity contribution in [2.45, 2.75) is 20.3 Å². The third-order valence-electron chi connectivity index (χ3n) is 3.01.